The number of halogens is 2. The Bertz CT molecular complexity index is 1390. The lowest BCUT2D eigenvalue weighted by atomic mass is 9.85. The van der Waals surface area contributed by atoms with E-state index in [1.165, 1.54) is 43.6 Å². The predicted octanol–water partition coefficient (Wildman–Crippen LogP) is 4.26. The molecule has 9 nitrogen and oxygen atoms in total. The summed E-state index contributed by atoms with van der Waals surface area (Å²) in [6.07, 6.45) is 4.37. The Morgan fingerprint density at radius 2 is 1.95 bits per heavy atom. The Morgan fingerprint density at radius 1 is 1.21 bits per heavy atom. The molecule has 208 valence electrons. The number of hydrogen-bond donors (Lipinski definition) is 1. The van der Waals surface area contributed by atoms with E-state index in [1.54, 1.807) is 23.6 Å². The van der Waals surface area contributed by atoms with Crippen LogP contribution in [0.15, 0.2) is 48.2 Å². The van der Waals surface area contributed by atoms with Crippen LogP contribution >= 0.6 is 11.3 Å². The fourth-order valence-electron chi connectivity index (χ4n) is 6.32. The van der Waals surface area contributed by atoms with E-state index in [-0.39, 0.29) is 16.0 Å². The van der Waals surface area contributed by atoms with Crippen molar-refractivity contribution in [2.45, 2.75) is 50.2 Å². The fraction of sp³-hybridized carbons (Fsp3) is 0.481. The van der Waals surface area contributed by atoms with E-state index in [1.807, 2.05) is 20.8 Å². The second kappa shape index (κ2) is 9.09. The van der Waals surface area contributed by atoms with Crippen molar-refractivity contribution in [3.05, 3.63) is 64.4 Å². The van der Waals surface area contributed by atoms with E-state index in [9.17, 15) is 14.7 Å². The minimum Gasteiger partial charge on any atom is -0.496 e. The summed E-state index contributed by atoms with van der Waals surface area (Å²) in [7, 11) is 2.77. The second-order valence-electron chi connectivity index (χ2n) is 11.1. The second-order valence-corrected chi connectivity index (χ2v) is 12.0. The number of thiazole rings is 1. The van der Waals surface area contributed by atoms with Gasteiger partial charge in [0.05, 0.1) is 37.6 Å². The van der Waals surface area contributed by atoms with Gasteiger partial charge in [-0.15, -0.1) is 11.3 Å². The van der Waals surface area contributed by atoms with Gasteiger partial charge in [0.1, 0.15) is 10.8 Å². The Kier molecular flexibility index (Phi) is 6.34. The number of benzene rings is 1. The molecule has 1 aliphatic heterocycles. The molecular weight excluding hydrogens is 530 g/mol. The Balaban J connectivity index is 1.75. The predicted molar refractivity (Wildman–Crippen MR) is 138 cm³/mol. The third-order valence-corrected chi connectivity index (χ3v) is 8.77. The molecular formula is C27H30F2N4O5S. The minimum absolute atomic E-state index is 0.115. The lowest BCUT2D eigenvalue weighted by Crippen LogP contribution is -2.61. The summed E-state index contributed by atoms with van der Waals surface area (Å²) >= 11 is 1.09. The summed E-state index contributed by atoms with van der Waals surface area (Å²) in [6, 6.07) is 5.07. The van der Waals surface area contributed by atoms with Crippen LogP contribution in [0.4, 0.5) is 8.78 Å². The number of rotatable bonds is 8. The molecule has 2 fully saturated rings. The van der Waals surface area contributed by atoms with Gasteiger partial charge in [0, 0.05) is 36.6 Å². The van der Waals surface area contributed by atoms with E-state index in [0.29, 0.717) is 5.75 Å². The smallest absolute Gasteiger partial charge is 0.332 e. The number of alkyl halides is 2. The summed E-state index contributed by atoms with van der Waals surface area (Å²) in [5.74, 6) is -7.02. The molecule has 12 heteroatoms. The quantitative estimate of drug-likeness (QED) is 0.439. The molecule has 4 unspecified atom stereocenters. The van der Waals surface area contributed by atoms with E-state index >= 15 is 8.78 Å². The average Bonchev–Trinajstić information content (AvgIpc) is 3.45. The van der Waals surface area contributed by atoms with Crippen molar-refractivity contribution in [1.82, 2.24) is 19.7 Å². The summed E-state index contributed by atoms with van der Waals surface area (Å²) in [5, 5.41) is 16.7. The molecule has 0 spiro atoms. The van der Waals surface area contributed by atoms with Crippen molar-refractivity contribution in [3.63, 3.8) is 0 Å². The van der Waals surface area contributed by atoms with Gasteiger partial charge in [0.25, 0.3) is 11.8 Å². The number of carbonyl (C=O) groups is 2. The molecule has 4 atom stereocenters. The van der Waals surface area contributed by atoms with Crippen molar-refractivity contribution in [3.8, 4) is 5.75 Å². The summed E-state index contributed by atoms with van der Waals surface area (Å²) in [4.78, 5) is 33.0. The van der Waals surface area contributed by atoms with Gasteiger partial charge in [0.15, 0.2) is 5.54 Å². The molecule has 2 aromatic heterocycles. The highest BCUT2D eigenvalue weighted by Gasteiger charge is 2.96. The van der Waals surface area contributed by atoms with Gasteiger partial charge < -0.3 is 19.5 Å². The van der Waals surface area contributed by atoms with Crippen LogP contribution in [0.1, 0.15) is 47.7 Å². The Hall–Kier alpha value is -3.38. The molecule has 39 heavy (non-hydrogen) atoms. The maximum atomic E-state index is 16.0. The first-order chi connectivity index (χ1) is 18.4. The average molecular weight is 561 g/mol. The zero-order valence-corrected chi connectivity index (χ0v) is 23.0. The van der Waals surface area contributed by atoms with Crippen LogP contribution in [0.25, 0.3) is 0 Å². The van der Waals surface area contributed by atoms with Crippen LogP contribution in [-0.4, -0.2) is 68.9 Å². The maximum absolute atomic E-state index is 16.0. The van der Waals surface area contributed by atoms with Gasteiger partial charge in [-0.1, -0.05) is 26.8 Å². The van der Waals surface area contributed by atoms with Crippen molar-refractivity contribution in [2.24, 2.45) is 11.3 Å². The number of aromatic nitrogens is 3. The molecule has 1 N–H and O–H groups in total. The van der Waals surface area contributed by atoms with Crippen molar-refractivity contribution >= 4 is 23.2 Å². The van der Waals surface area contributed by atoms with Crippen molar-refractivity contribution < 1.29 is 33.0 Å². The number of fused-ring (bicyclic) bond motifs is 1. The summed E-state index contributed by atoms with van der Waals surface area (Å²) < 4.78 is 44.1. The molecule has 3 heterocycles. The number of carboxylic acid groups (broad SMARTS) is 1. The largest absolute Gasteiger partial charge is 0.496 e. The van der Waals surface area contributed by atoms with Crippen LogP contribution in [0, 0.1) is 11.3 Å². The third-order valence-electron chi connectivity index (χ3n) is 7.94. The topological polar surface area (TPSA) is 107 Å². The van der Waals surface area contributed by atoms with Gasteiger partial charge >= 0.3 is 5.97 Å². The van der Waals surface area contributed by atoms with E-state index in [0.717, 1.165) is 21.8 Å². The van der Waals surface area contributed by atoms with Gasteiger partial charge in [-0.25, -0.2) is 18.6 Å². The highest BCUT2D eigenvalue weighted by molar-refractivity contribution is 7.09. The molecule has 1 saturated carbocycles. The molecule has 1 saturated heterocycles. The van der Waals surface area contributed by atoms with E-state index < -0.39 is 53.9 Å². The van der Waals surface area contributed by atoms with Crippen LogP contribution < -0.4 is 4.74 Å². The minimum atomic E-state index is -3.45. The molecule has 1 aromatic carbocycles. The SMILES string of the molecule is COCC12C(c3nccs3)N(C(=O)c3ccc(C(C)(C)C)c(OC)c3)C(Cn3cccn3)(C(=O)O)C1C2(F)F. The maximum Gasteiger partial charge on any atom is 0.332 e. The van der Waals surface area contributed by atoms with E-state index in [2.05, 4.69) is 10.1 Å². The van der Waals surface area contributed by atoms with Crippen LogP contribution in [-0.2, 0) is 21.5 Å². The molecule has 1 aliphatic carbocycles. The number of aliphatic carboxylic acids is 1. The van der Waals surface area contributed by atoms with Crippen LogP contribution in [0.5, 0.6) is 5.75 Å². The number of piperidine rings is 1. The first-order valence-corrected chi connectivity index (χ1v) is 13.2. The van der Waals surface area contributed by atoms with Gasteiger partial charge in [-0.3, -0.25) is 9.48 Å². The van der Waals surface area contributed by atoms with Gasteiger partial charge in [-0.05, 0) is 29.2 Å². The third kappa shape index (κ3) is 3.71. The number of hydrogen-bond acceptors (Lipinski definition) is 7. The Morgan fingerprint density at radius 3 is 2.49 bits per heavy atom. The number of methoxy groups -OCH3 is 2. The highest BCUT2D eigenvalue weighted by atomic mass is 32.1. The van der Waals surface area contributed by atoms with E-state index in [4.69, 9.17) is 9.47 Å². The lowest BCUT2D eigenvalue weighted by Gasteiger charge is -2.42. The number of carbonyl (C=O) groups excluding carboxylic acids is 1. The number of likely N-dealkylation sites (tertiary alicyclic amines) is 1. The fourth-order valence-corrected chi connectivity index (χ4v) is 7.15. The standard InChI is InChI=1S/C27H30F2N4O5S/c1-24(2,3)17-8-7-16(13-18(17)38-5)21(34)33-19(20-30-10-12-39-20)25(15-37-4)22(27(25,28)29)26(33,23(35)36)14-32-11-6-9-31-32/h6-13,19,22H,14-15H2,1-5H3,(H,35,36). The van der Waals surface area contributed by atoms with Crippen molar-refractivity contribution in [1.29, 1.82) is 0 Å². The van der Waals surface area contributed by atoms with Gasteiger partial charge in [0.2, 0.25) is 0 Å². The first kappa shape index (κ1) is 27.2. The molecule has 2 aliphatic rings. The lowest BCUT2D eigenvalue weighted by molar-refractivity contribution is -0.157. The first-order valence-electron chi connectivity index (χ1n) is 12.4. The number of nitrogens with zero attached hydrogens (tertiary/aromatic N) is 4. The molecule has 3 aromatic rings. The number of ether oxygens (including phenoxy) is 2. The van der Waals surface area contributed by atoms with Crippen LogP contribution in [0.3, 0.4) is 0 Å². The zero-order chi connectivity index (χ0) is 28.4. The zero-order valence-electron chi connectivity index (χ0n) is 22.2. The Labute approximate surface area is 228 Å². The normalized spacial score (nSPS) is 27.3. The number of amides is 1. The molecule has 0 bridgehead atoms. The summed E-state index contributed by atoms with van der Waals surface area (Å²) in [5.41, 5.74) is -3.69. The monoisotopic (exact) mass is 560 g/mol. The van der Waals surface area contributed by atoms with Crippen LogP contribution in [0.2, 0.25) is 0 Å². The molecule has 5 rings (SSSR count). The molecule has 1 amide bonds. The number of carboxylic acids is 1. The van der Waals surface area contributed by atoms with Crippen molar-refractivity contribution in [2.75, 3.05) is 20.8 Å². The summed E-state index contributed by atoms with van der Waals surface area (Å²) in [6.45, 7) is 5.05. The highest BCUT2D eigenvalue weighted by Crippen LogP contribution is 2.81. The van der Waals surface area contributed by atoms with Gasteiger partial charge in [-0.2, -0.15) is 5.10 Å². The molecule has 0 radical (unpaired) electrons.